The lowest BCUT2D eigenvalue weighted by Gasteiger charge is -2.30. The second-order valence-electron chi connectivity index (χ2n) is 18.2. The van der Waals surface area contributed by atoms with Gasteiger partial charge in [0.25, 0.3) is 0 Å². The lowest BCUT2D eigenvalue weighted by molar-refractivity contribution is 0.668. The lowest BCUT2D eigenvalue weighted by atomic mass is 9.70. The van der Waals surface area contributed by atoms with Crippen molar-refractivity contribution in [3.63, 3.8) is 0 Å². The van der Waals surface area contributed by atoms with Crippen molar-refractivity contribution in [3.8, 4) is 78.7 Å². The Morgan fingerprint density at radius 3 is 1.35 bits per heavy atom. The molecule has 0 amide bonds. The Kier molecular flexibility index (Phi) is 7.93. The van der Waals surface area contributed by atoms with Gasteiger partial charge < -0.3 is 8.83 Å². The fourth-order valence-corrected chi connectivity index (χ4v) is 11.6. The van der Waals surface area contributed by atoms with Gasteiger partial charge in [-0.05, 0) is 109 Å². The van der Waals surface area contributed by atoms with Crippen molar-refractivity contribution in [2.24, 2.45) is 0 Å². The molecule has 5 heteroatoms. The molecule has 5 nitrogen and oxygen atoms in total. The van der Waals surface area contributed by atoms with Crippen LogP contribution in [0.25, 0.3) is 123 Å². The van der Waals surface area contributed by atoms with Crippen molar-refractivity contribution in [2.45, 2.75) is 5.41 Å². The van der Waals surface area contributed by atoms with Gasteiger partial charge >= 0.3 is 0 Å². The minimum absolute atomic E-state index is 0.403. The molecule has 0 N–H and O–H groups in total. The van der Waals surface area contributed by atoms with Crippen LogP contribution < -0.4 is 0 Å². The van der Waals surface area contributed by atoms with E-state index in [-0.39, 0.29) is 0 Å². The smallest absolute Gasteiger partial charge is 0.164 e. The molecule has 15 rings (SSSR count). The monoisotopic (exact) mass is 879 g/mol. The fraction of sp³-hybridized carbons (Fsp3) is 0.0156. The van der Waals surface area contributed by atoms with E-state index in [1.807, 2.05) is 72.8 Å². The summed E-state index contributed by atoms with van der Waals surface area (Å²) in [7, 11) is 0. The van der Waals surface area contributed by atoms with E-state index in [4.69, 9.17) is 23.8 Å². The third-order valence-corrected chi connectivity index (χ3v) is 14.6. The zero-order valence-corrected chi connectivity index (χ0v) is 37.0. The molecular weight excluding hydrogens is 843 g/mol. The van der Waals surface area contributed by atoms with E-state index >= 15 is 0 Å². The van der Waals surface area contributed by atoms with Gasteiger partial charge in [0.1, 0.15) is 22.3 Å². The van der Waals surface area contributed by atoms with Crippen molar-refractivity contribution >= 4 is 43.9 Å². The van der Waals surface area contributed by atoms with Crippen molar-refractivity contribution in [3.05, 3.63) is 247 Å². The molecule has 0 fully saturated rings. The van der Waals surface area contributed by atoms with Crippen LogP contribution in [0.4, 0.5) is 0 Å². The minimum Gasteiger partial charge on any atom is -0.456 e. The molecule has 0 atom stereocenters. The molecule has 2 aliphatic carbocycles. The third-order valence-electron chi connectivity index (χ3n) is 14.6. The molecule has 0 saturated heterocycles. The number of hydrogen-bond acceptors (Lipinski definition) is 5. The number of furan rings is 2. The maximum atomic E-state index is 6.61. The zero-order valence-electron chi connectivity index (χ0n) is 37.0. The summed E-state index contributed by atoms with van der Waals surface area (Å²) in [4.78, 5) is 15.6. The van der Waals surface area contributed by atoms with Gasteiger partial charge in [-0.1, -0.05) is 182 Å². The van der Waals surface area contributed by atoms with Gasteiger partial charge in [-0.3, -0.25) is 0 Å². The van der Waals surface area contributed by atoms with Crippen LogP contribution in [0, 0.1) is 0 Å². The molecule has 69 heavy (non-hydrogen) atoms. The van der Waals surface area contributed by atoms with Crippen molar-refractivity contribution < 1.29 is 8.83 Å². The van der Waals surface area contributed by atoms with Crippen LogP contribution in [-0.2, 0) is 5.41 Å². The summed E-state index contributed by atoms with van der Waals surface area (Å²) in [6.07, 6.45) is 0. The predicted molar refractivity (Wildman–Crippen MR) is 278 cm³/mol. The van der Waals surface area contributed by atoms with E-state index in [9.17, 15) is 0 Å². The van der Waals surface area contributed by atoms with Crippen LogP contribution in [-0.4, -0.2) is 15.0 Å². The molecule has 13 aromatic rings. The van der Waals surface area contributed by atoms with Gasteiger partial charge in [0, 0.05) is 38.2 Å². The summed E-state index contributed by atoms with van der Waals surface area (Å²) in [5.74, 6) is 1.72. The van der Waals surface area contributed by atoms with E-state index in [1.54, 1.807) is 0 Å². The molecule has 0 aliphatic heterocycles. The number of rotatable bonds is 5. The average Bonchev–Trinajstić information content (AvgIpc) is 4.16. The van der Waals surface area contributed by atoms with Crippen LogP contribution in [0.15, 0.2) is 233 Å². The number of para-hydroxylation sites is 1. The Hall–Kier alpha value is -9.19. The van der Waals surface area contributed by atoms with E-state index in [1.165, 1.54) is 50.1 Å². The molecule has 2 aliphatic rings. The Balaban J connectivity index is 0.875. The molecule has 0 bridgehead atoms. The first-order valence-corrected chi connectivity index (χ1v) is 23.4. The normalized spacial score (nSPS) is 13.0. The van der Waals surface area contributed by atoms with Crippen molar-refractivity contribution in [1.82, 2.24) is 15.0 Å². The Morgan fingerprint density at radius 2 is 0.696 bits per heavy atom. The van der Waals surface area contributed by atoms with Gasteiger partial charge in [0.15, 0.2) is 17.5 Å². The number of benzene rings is 10. The first kappa shape index (κ1) is 38.0. The lowest BCUT2D eigenvalue weighted by Crippen LogP contribution is -2.25. The maximum absolute atomic E-state index is 6.61. The molecule has 10 aromatic carbocycles. The number of aromatic nitrogens is 3. The summed E-state index contributed by atoms with van der Waals surface area (Å²) in [5, 5.41) is 3.93. The predicted octanol–water partition coefficient (Wildman–Crippen LogP) is 16.3. The van der Waals surface area contributed by atoms with Crippen LogP contribution in [0.3, 0.4) is 0 Å². The molecule has 3 aromatic heterocycles. The quantitative estimate of drug-likeness (QED) is 0.172. The molecule has 0 unspecified atom stereocenters. The second-order valence-corrected chi connectivity index (χ2v) is 18.2. The van der Waals surface area contributed by atoms with E-state index in [0.29, 0.717) is 17.5 Å². The SMILES string of the molecule is c1ccc(-c2nc(-c3cccc4oc5ccccc5c34)nc(-c3cccc4oc5ccc(-c6cccc(-c7ccc8c(c7)C7(c9ccccc9-c9ccccc97)c7ccccc7-8)c6)cc5c34)n2)cc1. The largest absolute Gasteiger partial charge is 0.456 e. The van der Waals surface area contributed by atoms with Crippen LogP contribution in [0.2, 0.25) is 0 Å². The molecule has 3 heterocycles. The van der Waals surface area contributed by atoms with Gasteiger partial charge in [-0.2, -0.15) is 0 Å². The summed E-state index contributed by atoms with van der Waals surface area (Å²) in [6, 6.07) is 79.9. The van der Waals surface area contributed by atoms with Crippen molar-refractivity contribution in [1.29, 1.82) is 0 Å². The van der Waals surface area contributed by atoms with Gasteiger partial charge in [-0.15, -0.1) is 0 Å². The van der Waals surface area contributed by atoms with E-state index in [2.05, 4.69) is 152 Å². The molecular formula is C64H37N3O2. The maximum Gasteiger partial charge on any atom is 0.164 e. The fourth-order valence-electron chi connectivity index (χ4n) is 11.6. The second kappa shape index (κ2) is 14.4. The number of hydrogen-bond donors (Lipinski definition) is 0. The van der Waals surface area contributed by atoms with Gasteiger partial charge in [0.05, 0.1) is 5.41 Å². The van der Waals surface area contributed by atoms with Crippen LogP contribution >= 0.6 is 0 Å². The Morgan fingerprint density at radius 1 is 0.261 bits per heavy atom. The third kappa shape index (κ3) is 5.44. The standard InChI is InChI=1S/C64H37N3O2/c1-2-15-38(16-3-1)61-65-62(48-23-13-29-57-59(48)47-22-7-11-28-55(47)68-57)67-63(66-61)49-24-14-30-58-60(49)50-36-41(32-34-56(50)69-58)39-17-12-18-40(35-39)42-31-33-46-45-21-6-10-27-53(45)64(54(46)37-42)51-25-8-4-19-43(51)44-20-5-9-26-52(44)64/h1-37H. The highest BCUT2D eigenvalue weighted by Gasteiger charge is 2.51. The Bertz CT molecular complexity index is 4210. The molecule has 0 radical (unpaired) electrons. The van der Waals surface area contributed by atoms with E-state index in [0.717, 1.165) is 77.3 Å². The first-order valence-electron chi connectivity index (χ1n) is 23.4. The number of nitrogens with zero attached hydrogens (tertiary/aromatic N) is 3. The molecule has 0 saturated carbocycles. The summed E-state index contributed by atoms with van der Waals surface area (Å²) in [5.41, 5.74) is 20.5. The van der Waals surface area contributed by atoms with Gasteiger partial charge in [0.2, 0.25) is 0 Å². The van der Waals surface area contributed by atoms with Crippen LogP contribution in [0.1, 0.15) is 22.3 Å². The highest BCUT2D eigenvalue weighted by atomic mass is 16.3. The highest BCUT2D eigenvalue weighted by Crippen LogP contribution is 2.63. The van der Waals surface area contributed by atoms with E-state index < -0.39 is 5.41 Å². The Labute approximate surface area is 396 Å². The molecule has 1 spiro atoms. The first-order chi connectivity index (χ1) is 34.2. The summed E-state index contributed by atoms with van der Waals surface area (Å²) < 4.78 is 12.9. The van der Waals surface area contributed by atoms with Gasteiger partial charge in [-0.25, -0.2) is 15.0 Å². The average molecular weight is 880 g/mol. The molecule has 320 valence electrons. The van der Waals surface area contributed by atoms with Crippen molar-refractivity contribution in [2.75, 3.05) is 0 Å². The number of fused-ring (bicyclic) bond motifs is 16. The minimum atomic E-state index is -0.403. The van der Waals surface area contributed by atoms with Crippen LogP contribution in [0.5, 0.6) is 0 Å². The highest BCUT2D eigenvalue weighted by molar-refractivity contribution is 6.14. The summed E-state index contributed by atoms with van der Waals surface area (Å²) in [6.45, 7) is 0. The zero-order chi connectivity index (χ0) is 45.2. The summed E-state index contributed by atoms with van der Waals surface area (Å²) >= 11 is 0. The topological polar surface area (TPSA) is 65.0 Å².